The Bertz CT molecular complexity index is 388. The summed E-state index contributed by atoms with van der Waals surface area (Å²) in [5.74, 6) is -0.144. The Kier molecular flexibility index (Phi) is 4.52. The SMILES string of the molecule is Cc1ccccc1OCCCC(C)(N)C(=O)O. The summed E-state index contributed by atoms with van der Waals surface area (Å²) >= 11 is 0. The molecule has 1 unspecified atom stereocenters. The fraction of sp³-hybridized carbons (Fsp3) is 0.462. The van der Waals surface area contributed by atoms with E-state index in [1.54, 1.807) is 0 Å². The fourth-order valence-electron chi connectivity index (χ4n) is 1.45. The van der Waals surface area contributed by atoms with Gasteiger partial charge in [-0.05, 0) is 38.3 Å². The summed E-state index contributed by atoms with van der Waals surface area (Å²) in [6, 6.07) is 7.73. The van der Waals surface area contributed by atoms with E-state index in [9.17, 15) is 4.79 Å². The van der Waals surface area contributed by atoms with Gasteiger partial charge in [0.15, 0.2) is 0 Å². The molecule has 1 atom stereocenters. The molecule has 0 heterocycles. The number of para-hydroxylation sites is 1. The van der Waals surface area contributed by atoms with E-state index in [0.717, 1.165) is 11.3 Å². The summed E-state index contributed by atoms with van der Waals surface area (Å²) in [5, 5.41) is 8.84. The molecule has 0 saturated carbocycles. The van der Waals surface area contributed by atoms with Gasteiger partial charge in [-0.15, -0.1) is 0 Å². The molecule has 0 spiro atoms. The van der Waals surface area contributed by atoms with Gasteiger partial charge in [0.1, 0.15) is 11.3 Å². The lowest BCUT2D eigenvalue weighted by molar-refractivity contribution is -0.142. The zero-order chi connectivity index (χ0) is 12.9. The highest BCUT2D eigenvalue weighted by atomic mass is 16.5. The topological polar surface area (TPSA) is 72.5 Å². The van der Waals surface area contributed by atoms with Crippen molar-refractivity contribution < 1.29 is 14.6 Å². The second kappa shape index (κ2) is 5.68. The molecule has 1 rings (SSSR count). The molecule has 0 saturated heterocycles. The minimum Gasteiger partial charge on any atom is -0.493 e. The normalized spacial score (nSPS) is 14.1. The average molecular weight is 237 g/mol. The monoisotopic (exact) mass is 237 g/mol. The molecule has 0 amide bonds. The zero-order valence-electron chi connectivity index (χ0n) is 10.3. The van der Waals surface area contributed by atoms with Gasteiger partial charge >= 0.3 is 5.97 Å². The molecule has 0 fully saturated rings. The van der Waals surface area contributed by atoms with Crippen LogP contribution in [0.3, 0.4) is 0 Å². The van der Waals surface area contributed by atoms with Gasteiger partial charge in [-0.3, -0.25) is 4.79 Å². The van der Waals surface area contributed by atoms with Gasteiger partial charge in [0, 0.05) is 0 Å². The Hall–Kier alpha value is -1.55. The lowest BCUT2D eigenvalue weighted by atomic mass is 9.98. The molecule has 94 valence electrons. The molecule has 4 nitrogen and oxygen atoms in total. The van der Waals surface area contributed by atoms with Gasteiger partial charge in [0.2, 0.25) is 0 Å². The van der Waals surface area contributed by atoms with Crippen LogP contribution in [-0.4, -0.2) is 23.2 Å². The van der Waals surface area contributed by atoms with Gasteiger partial charge in [-0.2, -0.15) is 0 Å². The molecule has 1 aromatic rings. The van der Waals surface area contributed by atoms with Crippen molar-refractivity contribution in [2.75, 3.05) is 6.61 Å². The number of rotatable bonds is 6. The van der Waals surface area contributed by atoms with Crippen LogP contribution in [0.1, 0.15) is 25.3 Å². The van der Waals surface area contributed by atoms with Gasteiger partial charge in [-0.25, -0.2) is 0 Å². The third-order valence-electron chi connectivity index (χ3n) is 2.68. The second-order valence-electron chi connectivity index (χ2n) is 4.44. The maximum atomic E-state index is 10.8. The molecule has 0 aliphatic heterocycles. The minimum atomic E-state index is -1.17. The van der Waals surface area contributed by atoms with E-state index in [0.29, 0.717) is 19.4 Å². The standard InChI is InChI=1S/C13H19NO3/c1-10-6-3-4-7-11(10)17-9-5-8-13(2,14)12(15)16/h3-4,6-7H,5,8-9,14H2,1-2H3,(H,15,16). The van der Waals surface area contributed by atoms with Crippen molar-refractivity contribution >= 4 is 5.97 Å². The van der Waals surface area contributed by atoms with E-state index in [1.807, 2.05) is 31.2 Å². The highest BCUT2D eigenvalue weighted by Gasteiger charge is 2.26. The molecule has 1 aromatic carbocycles. The minimum absolute atomic E-state index is 0.397. The van der Waals surface area contributed by atoms with E-state index in [2.05, 4.69) is 0 Å². The number of hydrogen-bond acceptors (Lipinski definition) is 3. The summed E-state index contributed by atoms with van der Waals surface area (Å²) in [7, 11) is 0. The van der Waals surface area contributed by atoms with E-state index < -0.39 is 11.5 Å². The fourth-order valence-corrected chi connectivity index (χ4v) is 1.45. The van der Waals surface area contributed by atoms with E-state index in [-0.39, 0.29) is 0 Å². The predicted octanol–water partition coefficient (Wildman–Crippen LogP) is 1.96. The van der Waals surface area contributed by atoms with Crippen molar-refractivity contribution in [2.24, 2.45) is 5.73 Å². The van der Waals surface area contributed by atoms with E-state index >= 15 is 0 Å². The number of carboxylic acid groups (broad SMARTS) is 1. The van der Waals surface area contributed by atoms with Crippen molar-refractivity contribution in [3.8, 4) is 5.75 Å². The number of ether oxygens (including phenoxy) is 1. The third kappa shape index (κ3) is 4.07. The van der Waals surface area contributed by atoms with Gasteiger partial charge in [0.25, 0.3) is 0 Å². The molecule has 0 aliphatic rings. The lowest BCUT2D eigenvalue weighted by Crippen LogP contribution is -2.44. The van der Waals surface area contributed by atoms with Crippen LogP contribution in [0.4, 0.5) is 0 Å². The third-order valence-corrected chi connectivity index (χ3v) is 2.68. The maximum absolute atomic E-state index is 10.8. The molecule has 0 aromatic heterocycles. The molecule has 0 bridgehead atoms. The first-order valence-electron chi connectivity index (χ1n) is 5.64. The second-order valence-corrected chi connectivity index (χ2v) is 4.44. The largest absolute Gasteiger partial charge is 0.493 e. The Morgan fingerprint density at radius 3 is 2.71 bits per heavy atom. The van der Waals surface area contributed by atoms with Crippen molar-refractivity contribution in [1.29, 1.82) is 0 Å². The molecular weight excluding hydrogens is 218 g/mol. The van der Waals surface area contributed by atoms with Crippen molar-refractivity contribution in [1.82, 2.24) is 0 Å². The first kappa shape index (κ1) is 13.5. The van der Waals surface area contributed by atoms with Crippen LogP contribution in [0.2, 0.25) is 0 Å². The highest BCUT2D eigenvalue weighted by Crippen LogP contribution is 2.17. The van der Waals surface area contributed by atoms with Crippen molar-refractivity contribution in [3.63, 3.8) is 0 Å². The number of carboxylic acids is 1. The van der Waals surface area contributed by atoms with E-state index in [4.69, 9.17) is 15.6 Å². The number of hydrogen-bond donors (Lipinski definition) is 2. The zero-order valence-corrected chi connectivity index (χ0v) is 10.3. The maximum Gasteiger partial charge on any atom is 0.323 e. The molecule has 4 heteroatoms. The predicted molar refractivity (Wildman–Crippen MR) is 66.1 cm³/mol. The molecule has 3 N–H and O–H groups in total. The van der Waals surface area contributed by atoms with Gasteiger partial charge in [0.05, 0.1) is 6.61 Å². The number of benzene rings is 1. The summed E-state index contributed by atoms with van der Waals surface area (Å²) in [6.45, 7) is 3.97. The summed E-state index contributed by atoms with van der Waals surface area (Å²) in [6.07, 6.45) is 1.02. The van der Waals surface area contributed by atoms with Crippen LogP contribution < -0.4 is 10.5 Å². The first-order valence-corrected chi connectivity index (χ1v) is 5.64. The molecular formula is C13H19NO3. The van der Waals surface area contributed by atoms with Crippen LogP contribution in [0, 0.1) is 6.92 Å². The first-order chi connectivity index (χ1) is 7.93. The quantitative estimate of drug-likeness (QED) is 0.742. The number of aryl methyl sites for hydroxylation is 1. The Labute approximate surface area is 101 Å². The lowest BCUT2D eigenvalue weighted by Gasteiger charge is -2.18. The van der Waals surface area contributed by atoms with Crippen molar-refractivity contribution in [2.45, 2.75) is 32.2 Å². The van der Waals surface area contributed by atoms with Gasteiger partial charge < -0.3 is 15.6 Å². The molecule has 17 heavy (non-hydrogen) atoms. The molecule has 0 aliphatic carbocycles. The van der Waals surface area contributed by atoms with Gasteiger partial charge in [-0.1, -0.05) is 18.2 Å². The van der Waals surface area contributed by atoms with Crippen molar-refractivity contribution in [3.05, 3.63) is 29.8 Å². The number of carbonyl (C=O) groups is 1. The van der Waals surface area contributed by atoms with Crippen LogP contribution in [-0.2, 0) is 4.79 Å². The highest BCUT2D eigenvalue weighted by molar-refractivity contribution is 5.77. The summed E-state index contributed by atoms with van der Waals surface area (Å²) in [5.41, 5.74) is 5.51. The number of aliphatic carboxylic acids is 1. The Balaban J connectivity index is 2.35. The van der Waals surface area contributed by atoms with E-state index in [1.165, 1.54) is 6.92 Å². The van der Waals surface area contributed by atoms with Crippen LogP contribution in [0.25, 0.3) is 0 Å². The van der Waals surface area contributed by atoms with Crippen LogP contribution in [0.15, 0.2) is 24.3 Å². The summed E-state index contributed by atoms with van der Waals surface area (Å²) < 4.78 is 5.56. The van der Waals surface area contributed by atoms with Crippen LogP contribution >= 0.6 is 0 Å². The summed E-state index contributed by atoms with van der Waals surface area (Å²) in [4.78, 5) is 10.8. The average Bonchev–Trinajstić information content (AvgIpc) is 2.26. The smallest absolute Gasteiger partial charge is 0.323 e. The Morgan fingerprint density at radius 1 is 1.47 bits per heavy atom. The Morgan fingerprint density at radius 2 is 2.12 bits per heavy atom. The van der Waals surface area contributed by atoms with Crippen LogP contribution in [0.5, 0.6) is 5.75 Å². The molecule has 0 radical (unpaired) electrons. The number of nitrogens with two attached hydrogens (primary N) is 1.